The number of carbonyl (C=O) groups excluding carboxylic acids is 1. The van der Waals surface area contributed by atoms with Crippen LogP contribution in [0.5, 0.6) is 0 Å². The summed E-state index contributed by atoms with van der Waals surface area (Å²) in [5.74, 6) is -0.763. The molecule has 1 aliphatic carbocycles. The minimum atomic E-state index is -0.763. The van der Waals surface area contributed by atoms with E-state index in [9.17, 15) is 14.7 Å². The van der Waals surface area contributed by atoms with Crippen LogP contribution in [-0.4, -0.2) is 41.6 Å². The Balaban J connectivity index is 1.86. The van der Waals surface area contributed by atoms with Gasteiger partial charge in [-0.15, -0.1) is 0 Å². The third-order valence-corrected chi connectivity index (χ3v) is 4.49. The zero-order valence-corrected chi connectivity index (χ0v) is 11.5. The van der Waals surface area contributed by atoms with Crippen LogP contribution in [-0.2, 0) is 4.79 Å². The summed E-state index contributed by atoms with van der Waals surface area (Å²) in [5.41, 5.74) is -0.721. The van der Waals surface area contributed by atoms with E-state index < -0.39 is 11.4 Å². The zero-order chi connectivity index (χ0) is 13.7. The number of nitrogens with zero attached hydrogens (tertiary/aromatic N) is 1. The first-order chi connectivity index (χ1) is 9.14. The lowest BCUT2D eigenvalue weighted by Gasteiger charge is -2.27. The number of hydrogen-bond acceptors (Lipinski definition) is 2. The highest BCUT2D eigenvalue weighted by molar-refractivity contribution is 5.78. The number of aliphatic carboxylic acids is 1. The van der Waals surface area contributed by atoms with E-state index in [0.29, 0.717) is 12.8 Å². The molecule has 19 heavy (non-hydrogen) atoms. The highest BCUT2D eigenvalue weighted by atomic mass is 16.4. The van der Waals surface area contributed by atoms with Crippen molar-refractivity contribution in [3.63, 3.8) is 0 Å². The van der Waals surface area contributed by atoms with Crippen LogP contribution in [0.15, 0.2) is 0 Å². The summed E-state index contributed by atoms with van der Waals surface area (Å²) >= 11 is 0. The largest absolute Gasteiger partial charge is 0.481 e. The van der Waals surface area contributed by atoms with E-state index in [2.05, 4.69) is 5.32 Å². The summed E-state index contributed by atoms with van der Waals surface area (Å²) < 4.78 is 0. The SMILES string of the molecule is O=C(NCC1(C(=O)O)CCCC1)N1CCCCCC1. The molecule has 0 radical (unpaired) electrons. The van der Waals surface area contributed by atoms with Crippen molar-refractivity contribution in [2.75, 3.05) is 19.6 Å². The fourth-order valence-corrected chi connectivity index (χ4v) is 3.15. The molecular weight excluding hydrogens is 244 g/mol. The maximum atomic E-state index is 12.1. The number of urea groups is 1. The Kier molecular flexibility index (Phi) is 4.66. The van der Waals surface area contributed by atoms with Crippen LogP contribution < -0.4 is 5.32 Å². The lowest BCUT2D eigenvalue weighted by Crippen LogP contribution is -2.47. The summed E-state index contributed by atoms with van der Waals surface area (Å²) in [5, 5.41) is 12.2. The molecule has 2 N–H and O–H groups in total. The third-order valence-electron chi connectivity index (χ3n) is 4.49. The molecule has 0 spiro atoms. The first-order valence-corrected chi connectivity index (χ1v) is 7.40. The average Bonchev–Trinajstić information content (AvgIpc) is 2.72. The monoisotopic (exact) mass is 268 g/mol. The third kappa shape index (κ3) is 3.39. The number of likely N-dealkylation sites (tertiary alicyclic amines) is 1. The number of nitrogens with one attached hydrogen (secondary N) is 1. The van der Waals surface area contributed by atoms with Crippen molar-refractivity contribution >= 4 is 12.0 Å². The lowest BCUT2D eigenvalue weighted by atomic mass is 9.86. The van der Waals surface area contributed by atoms with Gasteiger partial charge in [0.05, 0.1) is 5.41 Å². The normalized spacial score (nSPS) is 22.8. The molecule has 1 heterocycles. The van der Waals surface area contributed by atoms with E-state index in [0.717, 1.165) is 38.8 Å². The molecule has 0 unspecified atom stereocenters. The van der Waals surface area contributed by atoms with E-state index in [1.54, 1.807) is 0 Å². The van der Waals surface area contributed by atoms with Gasteiger partial charge in [0.15, 0.2) is 0 Å². The number of amides is 2. The predicted octanol–water partition coefficient (Wildman–Crippen LogP) is 2.22. The fraction of sp³-hybridized carbons (Fsp3) is 0.857. The van der Waals surface area contributed by atoms with Gasteiger partial charge in [-0.2, -0.15) is 0 Å². The van der Waals surface area contributed by atoms with Gasteiger partial charge in [0.1, 0.15) is 0 Å². The second-order valence-electron chi connectivity index (χ2n) is 5.85. The molecule has 0 aromatic rings. The molecule has 1 saturated carbocycles. The Labute approximate surface area is 114 Å². The van der Waals surface area contributed by atoms with Crippen molar-refractivity contribution in [3.8, 4) is 0 Å². The second kappa shape index (κ2) is 6.26. The van der Waals surface area contributed by atoms with Gasteiger partial charge in [-0.05, 0) is 25.7 Å². The van der Waals surface area contributed by atoms with Crippen LogP contribution >= 0.6 is 0 Å². The minimum absolute atomic E-state index is 0.0885. The Morgan fingerprint density at radius 1 is 1.00 bits per heavy atom. The van der Waals surface area contributed by atoms with Crippen LogP contribution in [0.2, 0.25) is 0 Å². The Bertz CT molecular complexity index is 330. The van der Waals surface area contributed by atoms with Crippen molar-refractivity contribution in [3.05, 3.63) is 0 Å². The van der Waals surface area contributed by atoms with Crippen molar-refractivity contribution in [2.24, 2.45) is 5.41 Å². The summed E-state index contributed by atoms with van der Waals surface area (Å²) in [4.78, 5) is 25.3. The minimum Gasteiger partial charge on any atom is -0.481 e. The number of carbonyl (C=O) groups is 2. The number of carboxylic acid groups (broad SMARTS) is 1. The molecule has 2 aliphatic rings. The molecule has 5 heteroatoms. The average molecular weight is 268 g/mol. The molecule has 0 aromatic heterocycles. The van der Waals surface area contributed by atoms with Crippen LogP contribution in [0.3, 0.4) is 0 Å². The molecule has 0 bridgehead atoms. The molecule has 5 nitrogen and oxygen atoms in total. The number of rotatable bonds is 3. The van der Waals surface area contributed by atoms with E-state index >= 15 is 0 Å². The lowest BCUT2D eigenvalue weighted by molar-refractivity contribution is -0.148. The van der Waals surface area contributed by atoms with Crippen molar-refractivity contribution in [2.45, 2.75) is 51.4 Å². The van der Waals surface area contributed by atoms with E-state index in [4.69, 9.17) is 0 Å². The number of hydrogen-bond donors (Lipinski definition) is 2. The summed E-state index contributed by atoms with van der Waals surface area (Å²) in [7, 11) is 0. The van der Waals surface area contributed by atoms with Crippen molar-refractivity contribution in [1.29, 1.82) is 0 Å². The van der Waals surface area contributed by atoms with Gasteiger partial charge in [-0.25, -0.2) is 4.79 Å². The van der Waals surface area contributed by atoms with Crippen LogP contribution in [0.4, 0.5) is 4.79 Å². The Hall–Kier alpha value is -1.26. The van der Waals surface area contributed by atoms with Crippen molar-refractivity contribution < 1.29 is 14.7 Å². The summed E-state index contributed by atoms with van der Waals surface area (Å²) in [6, 6.07) is -0.0885. The van der Waals surface area contributed by atoms with Crippen LogP contribution in [0.1, 0.15) is 51.4 Å². The van der Waals surface area contributed by atoms with Crippen LogP contribution in [0.25, 0.3) is 0 Å². The molecular formula is C14H24N2O3. The van der Waals surface area contributed by atoms with Gasteiger partial charge < -0.3 is 15.3 Å². The highest BCUT2D eigenvalue weighted by Crippen LogP contribution is 2.37. The van der Waals surface area contributed by atoms with Gasteiger partial charge in [0.25, 0.3) is 0 Å². The van der Waals surface area contributed by atoms with E-state index in [-0.39, 0.29) is 12.6 Å². The van der Waals surface area contributed by atoms with Gasteiger partial charge in [-0.3, -0.25) is 4.79 Å². The summed E-state index contributed by atoms with van der Waals surface area (Å²) in [6.45, 7) is 1.87. The number of carboxylic acids is 1. The second-order valence-corrected chi connectivity index (χ2v) is 5.85. The van der Waals surface area contributed by atoms with Gasteiger partial charge >= 0.3 is 12.0 Å². The molecule has 0 aromatic carbocycles. The smallest absolute Gasteiger partial charge is 0.317 e. The van der Waals surface area contributed by atoms with Crippen molar-refractivity contribution in [1.82, 2.24) is 10.2 Å². The molecule has 2 amide bonds. The quantitative estimate of drug-likeness (QED) is 0.824. The van der Waals surface area contributed by atoms with Gasteiger partial charge in [0.2, 0.25) is 0 Å². The maximum absolute atomic E-state index is 12.1. The van der Waals surface area contributed by atoms with Gasteiger partial charge in [-0.1, -0.05) is 25.7 Å². The first kappa shape index (κ1) is 14.2. The molecule has 1 aliphatic heterocycles. The van der Waals surface area contributed by atoms with E-state index in [1.807, 2.05) is 4.90 Å². The van der Waals surface area contributed by atoms with Gasteiger partial charge in [0, 0.05) is 19.6 Å². The molecule has 1 saturated heterocycles. The Morgan fingerprint density at radius 2 is 1.58 bits per heavy atom. The standard InChI is InChI=1S/C14H24N2O3/c17-12(18)14(7-3-4-8-14)11-15-13(19)16-9-5-1-2-6-10-16/h1-11H2,(H,15,19)(H,17,18). The van der Waals surface area contributed by atoms with Crippen LogP contribution in [0, 0.1) is 5.41 Å². The zero-order valence-electron chi connectivity index (χ0n) is 11.5. The molecule has 0 atom stereocenters. The van der Waals surface area contributed by atoms with E-state index in [1.165, 1.54) is 12.8 Å². The molecule has 108 valence electrons. The Morgan fingerprint density at radius 3 is 2.11 bits per heavy atom. The maximum Gasteiger partial charge on any atom is 0.317 e. The first-order valence-electron chi connectivity index (χ1n) is 7.40. The topological polar surface area (TPSA) is 69.6 Å². The molecule has 2 fully saturated rings. The fourth-order valence-electron chi connectivity index (χ4n) is 3.15. The summed E-state index contributed by atoms with van der Waals surface area (Å²) in [6.07, 6.45) is 7.74. The highest BCUT2D eigenvalue weighted by Gasteiger charge is 2.41. The molecule has 2 rings (SSSR count). The predicted molar refractivity (Wildman–Crippen MR) is 72.0 cm³/mol.